The van der Waals surface area contributed by atoms with Crippen LogP contribution in [-0.4, -0.2) is 11.8 Å². The minimum atomic E-state index is -0.442. The molecule has 0 fully saturated rings. The Labute approximate surface area is 148 Å². The van der Waals surface area contributed by atoms with E-state index in [4.69, 9.17) is 15.9 Å². The third kappa shape index (κ3) is 5.46. The van der Waals surface area contributed by atoms with Gasteiger partial charge in [0.15, 0.2) is 0 Å². The number of carbonyl (C=O) groups excluding carboxylic acids is 1. The first-order chi connectivity index (χ1) is 12.0. The molecule has 0 radical (unpaired) electrons. The fourth-order valence-corrected chi connectivity index (χ4v) is 2.12. The Balaban J connectivity index is 0.00000151. The summed E-state index contributed by atoms with van der Waals surface area (Å²) in [7, 11) is 0. The average Bonchev–Trinajstić information content (AvgIpc) is 2.62. The topological polar surface area (TPSA) is 76.2 Å². The van der Waals surface area contributed by atoms with E-state index >= 15 is 0 Å². The summed E-state index contributed by atoms with van der Waals surface area (Å²) >= 11 is 0. The summed E-state index contributed by atoms with van der Waals surface area (Å²) in [6.07, 6.45) is 6.58. The summed E-state index contributed by atoms with van der Waals surface area (Å²) in [5.74, 6) is 0.0354. The van der Waals surface area contributed by atoms with E-state index in [1.54, 1.807) is 42.5 Å². The first-order valence-electron chi connectivity index (χ1n) is 8.11. The monoisotopic (exact) mass is 336 g/mol. The standard InChI is InChI=1S/C19H18N2O2.C2H6/c1-3-5-13(6-4-2)19(22)23-17-10-9-14-11-16(18(20)21)8-7-15(14)12-17;1-2/h3-12H,1H2,2H3,(H3,20,21);1-2H3/b6-4-,13-5+;. The first-order valence-corrected chi connectivity index (χ1v) is 8.11. The molecule has 4 heteroatoms. The summed E-state index contributed by atoms with van der Waals surface area (Å²) in [5, 5.41) is 9.29. The molecular formula is C21H24N2O2. The van der Waals surface area contributed by atoms with Crippen molar-refractivity contribution in [1.29, 1.82) is 5.41 Å². The van der Waals surface area contributed by atoms with E-state index < -0.39 is 5.97 Å². The van der Waals surface area contributed by atoms with Crippen molar-refractivity contribution < 1.29 is 9.53 Å². The van der Waals surface area contributed by atoms with Gasteiger partial charge in [0.05, 0.1) is 5.57 Å². The SMILES string of the molecule is C=C/C=C(\C=C/C)C(=O)Oc1ccc2cc(C(=N)N)ccc2c1.CC. The molecule has 0 heterocycles. The number of ether oxygens (including phenoxy) is 1. The van der Waals surface area contributed by atoms with Gasteiger partial charge >= 0.3 is 5.97 Å². The van der Waals surface area contributed by atoms with Gasteiger partial charge < -0.3 is 10.5 Å². The highest BCUT2D eigenvalue weighted by Crippen LogP contribution is 2.23. The molecule has 2 rings (SSSR count). The molecule has 0 aliphatic rings. The van der Waals surface area contributed by atoms with E-state index in [1.807, 2.05) is 39.0 Å². The number of esters is 1. The Bertz CT molecular complexity index is 833. The summed E-state index contributed by atoms with van der Waals surface area (Å²) in [6.45, 7) is 9.42. The van der Waals surface area contributed by atoms with E-state index in [1.165, 1.54) is 0 Å². The Kier molecular flexibility index (Phi) is 7.87. The van der Waals surface area contributed by atoms with Gasteiger partial charge in [-0.1, -0.05) is 56.9 Å². The van der Waals surface area contributed by atoms with E-state index in [2.05, 4.69) is 6.58 Å². The van der Waals surface area contributed by atoms with Gasteiger partial charge in [0.2, 0.25) is 0 Å². The molecule has 2 aromatic carbocycles. The maximum Gasteiger partial charge on any atom is 0.343 e. The van der Waals surface area contributed by atoms with E-state index in [0.29, 0.717) is 16.9 Å². The van der Waals surface area contributed by atoms with Crippen LogP contribution in [0.15, 0.2) is 72.9 Å². The van der Waals surface area contributed by atoms with Crippen LogP contribution in [0.5, 0.6) is 5.75 Å². The lowest BCUT2D eigenvalue weighted by Crippen LogP contribution is -2.11. The fourth-order valence-electron chi connectivity index (χ4n) is 2.12. The highest BCUT2D eigenvalue weighted by molar-refractivity contribution is 5.99. The highest BCUT2D eigenvalue weighted by atomic mass is 16.5. The fraction of sp³-hybridized carbons (Fsp3) is 0.143. The van der Waals surface area contributed by atoms with Gasteiger partial charge in [0.1, 0.15) is 11.6 Å². The number of nitrogens with one attached hydrogen (secondary N) is 1. The lowest BCUT2D eigenvalue weighted by Gasteiger charge is -2.07. The Morgan fingerprint density at radius 3 is 2.40 bits per heavy atom. The van der Waals surface area contributed by atoms with Gasteiger partial charge in [0.25, 0.3) is 0 Å². The van der Waals surface area contributed by atoms with Crippen molar-refractivity contribution in [3.05, 3.63) is 78.4 Å². The predicted molar refractivity (Wildman–Crippen MR) is 105 cm³/mol. The number of carbonyl (C=O) groups is 1. The van der Waals surface area contributed by atoms with Crippen LogP contribution in [0.3, 0.4) is 0 Å². The van der Waals surface area contributed by atoms with Crippen molar-refractivity contribution in [3.63, 3.8) is 0 Å². The third-order valence-electron chi connectivity index (χ3n) is 3.21. The van der Waals surface area contributed by atoms with Crippen LogP contribution in [0.4, 0.5) is 0 Å². The molecule has 3 N–H and O–H groups in total. The molecule has 0 saturated heterocycles. The van der Waals surface area contributed by atoms with Gasteiger partial charge in [-0.2, -0.15) is 0 Å². The number of rotatable bonds is 5. The zero-order valence-corrected chi connectivity index (χ0v) is 14.9. The molecule has 2 aromatic rings. The van der Waals surface area contributed by atoms with Gasteiger partial charge in [-0.25, -0.2) is 4.79 Å². The molecule has 0 unspecified atom stereocenters. The van der Waals surface area contributed by atoms with Crippen molar-refractivity contribution in [2.24, 2.45) is 5.73 Å². The number of allylic oxidation sites excluding steroid dienone is 3. The average molecular weight is 336 g/mol. The number of nitrogens with two attached hydrogens (primary N) is 1. The maximum absolute atomic E-state index is 12.1. The van der Waals surface area contributed by atoms with Crippen LogP contribution in [0.2, 0.25) is 0 Å². The second kappa shape index (κ2) is 9.88. The number of hydrogen-bond donors (Lipinski definition) is 2. The van der Waals surface area contributed by atoms with Gasteiger partial charge in [0, 0.05) is 5.56 Å². The van der Waals surface area contributed by atoms with E-state index in [-0.39, 0.29) is 5.84 Å². The molecular weight excluding hydrogens is 312 g/mol. The highest BCUT2D eigenvalue weighted by Gasteiger charge is 2.09. The molecule has 130 valence electrons. The smallest absolute Gasteiger partial charge is 0.343 e. The molecule has 0 amide bonds. The Hall–Kier alpha value is -3.14. The first kappa shape index (κ1) is 19.9. The van der Waals surface area contributed by atoms with Gasteiger partial charge in [-0.3, -0.25) is 5.41 Å². The van der Waals surface area contributed by atoms with Crippen LogP contribution < -0.4 is 10.5 Å². The van der Waals surface area contributed by atoms with Crippen molar-refractivity contribution in [2.75, 3.05) is 0 Å². The molecule has 0 aliphatic heterocycles. The lowest BCUT2D eigenvalue weighted by atomic mass is 10.1. The zero-order chi connectivity index (χ0) is 18.8. The van der Waals surface area contributed by atoms with Crippen LogP contribution in [-0.2, 0) is 4.79 Å². The van der Waals surface area contributed by atoms with Crippen molar-refractivity contribution in [2.45, 2.75) is 20.8 Å². The number of fused-ring (bicyclic) bond motifs is 1. The summed E-state index contributed by atoms with van der Waals surface area (Å²) in [4.78, 5) is 12.1. The normalized spacial score (nSPS) is 10.9. The number of nitrogen functional groups attached to an aromatic ring is 1. The second-order valence-corrected chi connectivity index (χ2v) is 4.88. The molecule has 0 aliphatic carbocycles. The quantitative estimate of drug-likeness (QED) is 0.207. The summed E-state index contributed by atoms with van der Waals surface area (Å²) in [6, 6.07) is 10.8. The molecule has 0 aromatic heterocycles. The number of benzene rings is 2. The summed E-state index contributed by atoms with van der Waals surface area (Å²) in [5.41, 5.74) is 6.57. The number of amidine groups is 1. The molecule has 0 saturated carbocycles. The van der Waals surface area contributed by atoms with Crippen molar-refractivity contribution >= 4 is 22.6 Å². The molecule has 0 atom stereocenters. The second-order valence-electron chi connectivity index (χ2n) is 4.88. The Morgan fingerprint density at radius 2 is 1.80 bits per heavy atom. The third-order valence-corrected chi connectivity index (χ3v) is 3.21. The minimum absolute atomic E-state index is 0.0213. The van der Waals surface area contributed by atoms with E-state index in [0.717, 1.165) is 10.8 Å². The van der Waals surface area contributed by atoms with Crippen LogP contribution in [0, 0.1) is 5.41 Å². The van der Waals surface area contributed by atoms with Crippen LogP contribution >= 0.6 is 0 Å². The van der Waals surface area contributed by atoms with Crippen LogP contribution in [0.25, 0.3) is 10.8 Å². The minimum Gasteiger partial charge on any atom is -0.423 e. The molecule has 0 spiro atoms. The van der Waals surface area contributed by atoms with E-state index in [9.17, 15) is 4.79 Å². The largest absolute Gasteiger partial charge is 0.423 e. The lowest BCUT2D eigenvalue weighted by molar-refractivity contribution is -0.129. The van der Waals surface area contributed by atoms with Crippen molar-refractivity contribution in [3.8, 4) is 5.75 Å². The molecule has 25 heavy (non-hydrogen) atoms. The molecule has 0 bridgehead atoms. The van der Waals surface area contributed by atoms with Crippen LogP contribution in [0.1, 0.15) is 26.3 Å². The van der Waals surface area contributed by atoms with Gasteiger partial charge in [-0.05, 0) is 42.0 Å². The Morgan fingerprint density at radius 1 is 1.16 bits per heavy atom. The molecule has 4 nitrogen and oxygen atoms in total. The number of hydrogen-bond acceptors (Lipinski definition) is 3. The summed E-state index contributed by atoms with van der Waals surface area (Å²) < 4.78 is 5.39. The predicted octanol–water partition coefficient (Wildman–Crippen LogP) is 4.74. The van der Waals surface area contributed by atoms with Gasteiger partial charge in [-0.15, -0.1) is 0 Å². The zero-order valence-electron chi connectivity index (χ0n) is 14.9. The van der Waals surface area contributed by atoms with Crippen molar-refractivity contribution in [1.82, 2.24) is 0 Å². The maximum atomic E-state index is 12.1.